The highest BCUT2D eigenvalue weighted by atomic mass is 32.1. The van der Waals surface area contributed by atoms with Crippen LogP contribution in [0.2, 0.25) is 0 Å². The van der Waals surface area contributed by atoms with Crippen LogP contribution in [0.15, 0.2) is 23.6 Å². The largest absolute Gasteiger partial charge is 0.368 e. The van der Waals surface area contributed by atoms with Crippen LogP contribution in [0, 0.1) is 13.8 Å². The van der Waals surface area contributed by atoms with Crippen LogP contribution in [0.5, 0.6) is 0 Å². The summed E-state index contributed by atoms with van der Waals surface area (Å²) in [5.41, 5.74) is 1.77. The Morgan fingerprint density at radius 2 is 2.29 bits per heavy atom. The van der Waals surface area contributed by atoms with Crippen molar-refractivity contribution < 1.29 is 9.53 Å². The summed E-state index contributed by atoms with van der Waals surface area (Å²) < 4.78 is 5.79. The number of amides is 1. The van der Waals surface area contributed by atoms with Gasteiger partial charge in [0.2, 0.25) is 0 Å². The average molecular weight is 303 g/mol. The molecule has 0 spiro atoms. The molecule has 3 heterocycles. The summed E-state index contributed by atoms with van der Waals surface area (Å²) in [6.07, 6.45) is -0.178. The third-order valence-electron chi connectivity index (χ3n) is 3.40. The molecule has 0 radical (unpaired) electrons. The van der Waals surface area contributed by atoms with Crippen LogP contribution in [-0.2, 0) is 4.74 Å². The highest BCUT2D eigenvalue weighted by Gasteiger charge is 2.27. The Hall–Kier alpha value is -1.79. The van der Waals surface area contributed by atoms with Crippen LogP contribution < -0.4 is 0 Å². The second-order valence-corrected chi connectivity index (χ2v) is 6.02. The monoisotopic (exact) mass is 303 g/mol. The van der Waals surface area contributed by atoms with Crippen molar-refractivity contribution in [1.29, 1.82) is 0 Å². The van der Waals surface area contributed by atoms with E-state index in [-0.39, 0.29) is 12.0 Å². The van der Waals surface area contributed by atoms with Gasteiger partial charge in [0.1, 0.15) is 11.9 Å². The molecular weight excluding hydrogens is 286 g/mol. The Kier molecular flexibility index (Phi) is 3.98. The minimum Gasteiger partial charge on any atom is -0.368 e. The topological polar surface area (TPSA) is 55.3 Å². The molecule has 1 atom stereocenters. The lowest BCUT2D eigenvalue weighted by Crippen LogP contribution is -2.42. The summed E-state index contributed by atoms with van der Waals surface area (Å²) in [5.74, 6) is 0.802. The number of morpholine rings is 1. The zero-order valence-electron chi connectivity index (χ0n) is 12.1. The van der Waals surface area contributed by atoms with Gasteiger partial charge in [-0.05, 0) is 31.4 Å². The maximum Gasteiger partial charge on any atom is 0.264 e. The molecule has 1 saturated heterocycles. The number of hydrogen-bond donors (Lipinski definition) is 0. The second-order valence-electron chi connectivity index (χ2n) is 5.07. The molecule has 1 aliphatic rings. The molecule has 2 aromatic rings. The molecule has 5 nitrogen and oxygen atoms in total. The molecule has 0 aliphatic carbocycles. The molecular formula is C15H17N3O2S. The average Bonchev–Trinajstić information content (AvgIpc) is 3.00. The van der Waals surface area contributed by atoms with Gasteiger partial charge in [-0.2, -0.15) is 0 Å². The molecule has 0 N–H and O–H groups in total. The van der Waals surface area contributed by atoms with Gasteiger partial charge in [0.05, 0.1) is 23.7 Å². The van der Waals surface area contributed by atoms with Gasteiger partial charge in [0, 0.05) is 12.2 Å². The number of thiophene rings is 1. The summed E-state index contributed by atoms with van der Waals surface area (Å²) in [4.78, 5) is 23.7. The third kappa shape index (κ3) is 3.11. The molecule has 1 aliphatic heterocycles. The first-order chi connectivity index (χ1) is 10.1. The normalized spacial score (nSPS) is 18.8. The number of aromatic nitrogens is 2. The molecule has 1 fully saturated rings. The maximum atomic E-state index is 12.4. The number of hydrogen-bond acceptors (Lipinski definition) is 5. The molecule has 0 saturated carbocycles. The van der Waals surface area contributed by atoms with Gasteiger partial charge in [-0.3, -0.25) is 4.79 Å². The molecule has 110 valence electrons. The first-order valence-electron chi connectivity index (χ1n) is 6.90. The summed E-state index contributed by atoms with van der Waals surface area (Å²) >= 11 is 1.47. The van der Waals surface area contributed by atoms with E-state index in [1.807, 2.05) is 42.3 Å². The Morgan fingerprint density at radius 3 is 3.00 bits per heavy atom. The lowest BCUT2D eigenvalue weighted by Gasteiger charge is -2.32. The molecule has 0 bridgehead atoms. The van der Waals surface area contributed by atoms with Crippen molar-refractivity contribution in [2.24, 2.45) is 0 Å². The quantitative estimate of drug-likeness (QED) is 0.854. The lowest BCUT2D eigenvalue weighted by molar-refractivity contribution is -0.0247. The summed E-state index contributed by atoms with van der Waals surface area (Å²) in [6.45, 7) is 5.50. The number of ether oxygens (including phenoxy) is 1. The smallest absolute Gasteiger partial charge is 0.264 e. The van der Waals surface area contributed by atoms with Gasteiger partial charge < -0.3 is 9.64 Å². The van der Waals surface area contributed by atoms with E-state index in [9.17, 15) is 4.79 Å². The second kappa shape index (κ2) is 5.91. The van der Waals surface area contributed by atoms with Crippen molar-refractivity contribution in [1.82, 2.24) is 14.9 Å². The predicted molar refractivity (Wildman–Crippen MR) is 80.4 cm³/mol. The highest BCUT2D eigenvalue weighted by molar-refractivity contribution is 7.12. The first-order valence-corrected chi connectivity index (χ1v) is 7.78. The third-order valence-corrected chi connectivity index (χ3v) is 4.26. The van der Waals surface area contributed by atoms with Crippen LogP contribution >= 0.6 is 11.3 Å². The lowest BCUT2D eigenvalue weighted by atomic mass is 10.1. The van der Waals surface area contributed by atoms with Crippen molar-refractivity contribution in [2.45, 2.75) is 20.0 Å². The van der Waals surface area contributed by atoms with Gasteiger partial charge in [-0.15, -0.1) is 11.3 Å². The molecule has 1 amide bonds. The van der Waals surface area contributed by atoms with E-state index in [0.717, 1.165) is 22.1 Å². The molecule has 3 rings (SSSR count). The van der Waals surface area contributed by atoms with Crippen molar-refractivity contribution >= 4 is 17.2 Å². The van der Waals surface area contributed by atoms with Crippen molar-refractivity contribution in [2.75, 3.05) is 19.7 Å². The summed E-state index contributed by atoms with van der Waals surface area (Å²) in [7, 11) is 0. The SMILES string of the molecule is Cc1cc([C@H]2CN(C(=O)c3cccs3)CCO2)nc(C)n1. The van der Waals surface area contributed by atoms with E-state index in [0.29, 0.717) is 19.7 Å². The number of carbonyl (C=O) groups excluding carboxylic acids is 1. The van der Waals surface area contributed by atoms with E-state index < -0.39 is 0 Å². The summed E-state index contributed by atoms with van der Waals surface area (Å²) in [6, 6.07) is 5.68. The van der Waals surface area contributed by atoms with Crippen molar-refractivity contribution in [3.63, 3.8) is 0 Å². The number of rotatable bonds is 2. The Balaban J connectivity index is 1.78. The zero-order chi connectivity index (χ0) is 14.8. The van der Waals surface area contributed by atoms with Crippen LogP contribution in [0.4, 0.5) is 0 Å². The van der Waals surface area contributed by atoms with Gasteiger partial charge in [-0.1, -0.05) is 6.07 Å². The standard InChI is InChI=1S/C15H17N3O2S/c1-10-8-12(17-11(2)16-10)13-9-18(5-6-20-13)15(19)14-4-3-7-21-14/h3-4,7-8,13H,5-6,9H2,1-2H3/t13-/m1/s1. The van der Waals surface area contributed by atoms with Gasteiger partial charge in [0.25, 0.3) is 5.91 Å². The first kappa shape index (κ1) is 14.2. The van der Waals surface area contributed by atoms with Gasteiger partial charge >= 0.3 is 0 Å². The molecule has 0 unspecified atom stereocenters. The fourth-order valence-corrected chi connectivity index (χ4v) is 3.17. The van der Waals surface area contributed by atoms with E-state index in [2.05, 4.69) is 9.97 Å². The Labute approximate surface area is 127 Å². The highest BCUT2D eigenvalue weighted by Crippen LogP contribution is 2.23. The fraction of sp³-hybridized carbons (Fsp3) is 0.400. The Morgan fingerprint density at radius 1 is 1.43 bits per heavy atom. The summed E-state index contributed by atoms with van der Waals surface area (Å²) in [5, 5.41) is 1.92. The Bertz CT molecular complexity index is 622. The molecule has 2 aromatic heterocycles. The number of nitrogens with zero attached hydrogens (tertiary/aromatic N) is 3. The van der Waals surface area contributed by atoms with E-state index >= 15 is 0 Å². The minimum atomic E-state index is -0.178. The van der Waals surface area contributed by atoms with E-state index in [1.54, 1.807) is 0 Å². The minimum absolute atomic E-state index is 0.0702. The van der Waals surface area contributed by atoms with E-state index in [4.69, 9.17) is 4.74 Å². The molecule has 0 aromatic carbocycles. The zero-order valence-corrected chi connectivity index (χ0v) is 12.9. The van der Waals surface area contributed by atoms with E-state index in [1.165, 1.54) is 11.3 Å². The van der Waals surface area contributed by atoms with Gasteiger partial charge in [-0.25, -0.2) is 9.97 Å². The molecule has 6 heteroatoms. The van der Waals surface area contributed by atoms with Crippen LogP contribution in [-0.4, -0.2) is 40.5 Å². The van der Waals surface area contributed by atoms with Crippen molar-refractivity contribution in [3.05, 3.63) is 45.7 Å². The number of aryl methyl sites for hydroxylation is 2. The predicted octanol–water partition coefficient (Wildman–Crippen LogP) is 2.37. The van der Waals surface area contributed by atoms with Crippen LogP contribution in [0.3, 0.4) is 0 Å². The number of carbonyl (C=O) groups is 1. The van der Waals surface area contributed by atoms with Crippen LogP contribution in [0.1, 0.15) is 33.0 Å². The fourth-order valence-electron chi connectivity index (χ4n) is 2.48. The maximum absolute atomic E-state index is 12.4. The molecule has 21 heavy (non-hydrogen) atoms. The van der Waals surface area contributed by atoms with Crippen LogP contribution in [0.25, 0.3) is 0 Å². The van der Waals surface area contributed by atoms with Crippen molar-refractivity contribution in [3.8, 4) is 0 Å². The van der Waals surface area contributed by atoms with Gasteiger partial charge in [0.15, 0.2) is 0 Å².